The molecule has 0 saturated carbocycles. The summed E-state index contributed by atoms with van der Waals surface area (Å²) in [5, 5.41) is 0. The van der Waals surface area contributed by atoms with Gasteiger partial charge in [0.05, 0.1) is 5.56 Å². The van der Waals surface area contributed by atoms with Gasteiger partial charge in [-0.1, -0.05) is 12.1 Å². The van der Waals surface area contributed by atoms with Gasteiger partial charge in [0, 0.05) is 12.7 Å². The number of aromatic nitrogens is 2. The first-order valence-electron chi connectivity index (χ1n) is 5.32. The van der Waals surface area contributed by atoms with Crippen molar-refractivity contribution in [1.82, 2.24) is 9.55 Å². The van der Waals surface area contributed by atoms with Crippen LogP contribution in [-0.2, 0) is 12.7 Å². The number of nitrogens with zero attached hydrogens (tertiary/aromatic N) is 2. The highest BCUT2D eigenvalue weighted by Gasteiger charge is 2.35. The Morgan fingerprint density at radius 1 is 1.22 bits per heavy atom. The second kappa shape index (κ2) is 4.44. The van der Waals surface area contributed by atoms with Crippen LogP contribution in [0.4, 0.5) is 17.6 Å². The van der Waals surface area contributed by atoms with Crippen molar-refractivity contribution in [2.24, 2.45) is 0 Å². The van der Waals surface area contributed by atoms with E-state index in [1.807, 2.05) is 0 Å². The molecule has 0 saturated heterocycles. The molecule has 0 unspecified atom stereocenters. The van der Waals surface area contributed by atoms with Crippen molar-refractivity contribution in [3.63, 3.8) is 0 Å². The van der Waals surface area contributed by atoms with E-state index in [1.165, 1.54) is 22.8 Å². The number of rotatable bonds is 2. The van der Waals surface area contributed by atoms with Gasteiger partial charge in [-0.3, -0.25) is 0 Å². The first-order valence-corrected chi connectivity index (χ1v) is 5.32. The third-order valence-electron chi connectivity index (χ3n) is 2.52. The van der Waals surface area contributed by atoms with E-state index in [0.29, 0.717) is 0 Å². The third kappa shape index (κ3) is 2.23. The molecule has 0 spiro atoms. The van der Waals surface area contributed by atoms with Gasteiger partial charge in [0.25, 0.3) is 0 Å². The second-order valence-electron chi connectivity index (χ2n) is 3.71. The van der Waals surface area contributed by atoms with E-state index in [1.54, 1.807) is 13.0 Å². The molecule has 18 heavy (non-hydrogen) atoms. The van der Waals surface area contributed by atoms with Crippen LogP contribution >= 0.6 is 0 Å². The molecule has 1 aromatic heterocycles. The predicted molar refractivity (Wildman–Crippen MR) is 58.3 cm³/mol. The number of benzene rings is 1. The normalized spacial score (nSPS) is 11.8. The molecule has 0 N–H and O–H groups in total. The minimum absolute atomic E-state index is 0.0112. The number of aryl methyl sites for hydroxylation is 1. The zero-order valence-corrected chi connectivity index (χ0v) is 9.50. The highest BCUT2D eigenvalue weighted by atomic mass is 19.4. The molecule has 0 bridgehead atoms. The van der Waals surface area contributed by atoms with Crippen molar-refractivity contribution in [2.45, 2.75) is 19.6 Å². The van der Waals surface area contributed by atoms with Crippen LogP contribution in [0.5, 0.6) is 0 Å². The molecule has 6 heteroatoms. The fourth-order valence-corrected chi connectivity index (χ4v) is 1.65. The van der Waals surface area contributed by atoms with E-state index >= 15 is 0 Å². The van der Waals surface area contributed by atoms with Crippen LogP contribution < -0.4 is 0 Å². The zero-order valence-electron chi connectivity index (χ0n) is 9.50. The third-order valence-corrected chi connectivity index (χ3v) is 2.52. The van der Waals surface area contributed by atoms with Crippen molar-refractivity contribution in [1.29, 1.82) is 0 Å². The van der Waals surface area contributed by atoms with Crippen LogP contribution in [0.15, 0.2) is 30.5 Å². The van der Waals surface area contributed by atoms with Gasteiger partial charge in [0.2, 0.25) is 0 Å². The monoisotopic (exact) mass is 258 g/mol. The lowest BCUT2D eigenvalue weighted by Crippen LogP contribution is -2.05. The predicted octanol–water partition coefficient (Wildman–Crippen LogP) is 3.73. The van der Waals surface area contributed by atoms with Gasteiger partial charge in [0.15, 0.2) is 5.69 Å². The average molecular weight is 258 g/mol. The summed E-state index contributed by atoms with van der Waals surface area (Å²) in [6, 6.07) is 5.63. The maximum Gasteiger partial charge on any atom is 0.434 e. The largest absolute Gasteiger partial charge is 0.434 e. The molecule has 2 nitrogen and oxygen atoms in total. The Hall–Kier alpha value is -1.85. The van der Waals surface area contributed by atoms with Crippen LogP contribution in [-0.4, -0.2) is 9.55 Å². The van der Waals surface area contributed by atoms with Crippen molar-refractivity contribution < 1.29 is 17.6 Å². The zero-order chi connectivity index (χ0) is 13.3. The molecule has 2 aromatic rings. The van der Waals surface area contributed by atoms with Gasteiger partial charge in [-0.05, 0) is 19.1 Å². The quantitative estimate of drug-likeness (QED) is 0.750. The van der Waals surface area contributed by atoms with Crippen molar-refractivity contribution in [3.05, 3.63) is 42.0 Å². The Balaban J connectivity index is 2.58. The molecular weight excluding hydrogens is 248 g/mol. The molecule has 96 valence electrons. The molecule has 1 aromatic carbocycles. The van der Waals surface area contributed by atoms with Crippen molar-refractivity contribution in [2.75, 3.05) is 0 Å². The summed E-state index contributed by atoms with van der Waals surface area (Å²) >= 11 is 0. The van der Waals surface area contributed by atoms with Crippen LogP contribution in [0.3, 0.4) is 0 Å². The molecule has 0 amide bonds. The lowest BCUT2D eigenvalue weighted by Gasteiger charge is -2.04. The van der Waals surface area contributed by atoms with Crippen LogP contribution in [0, 0.1) is 5.82 Å². The Morgan fingerprint density at radius 2 is 1.89 bits per heavy atom. The molecule has 2 rings (SSSR count). The Bertz CT molecular complexity index is 557. The molecule has 0 aliphatic rings. The number of imidazole rings is 1. The summed E-state index contributed by atoms with van der Waals surface area (Å²) in [5.41, 5.74) is -0.947. The van der Waals surface area contributed by atoms with E-state index in [9.17, 15) is 17.6 Å². The smallest absolute Gasteiger partial charge is 0.331 e. The minimum atomic E-state index is -4.53. The molecule has 0 aliphatic heterocycles. The average Bonchev–Trinajstić information content (AvgIpc) is 2.73. The Morgan fingerprint density at radius 3 is 2.44 bits per heavy atom. The van der Waals surface area contributed by atoms with E-state index < -0.39 is 17.7 Å². The van der Waals surface area contributed by atoms with Crippen molar-refractivity contribution >= 4 is 0 Å². The topological polar surface area (TPSA) is 17.8 Å². The standard InChI is InChI=1S/C12H10F4N2/c1-2-18-7-10(12(14,15)16)17-11(18)8-5-3-4-6-9(8)13/h3-7H,2H2,1H3. The van der Waals surface area contributed by atoms with Crippen LogP contribution in [0.1, 0.15) is 12.6 Å². The molecule has 0 atom stereocenters. The Kier molecular flexibility index (Phi) is 3.11. The lowest BCUT2D eigenvalue weighted by molar-refractivity contribution is -0.140. The van der Waals surface area contributed by atoms with E-state index in [-0.39, 0.29) is 17.9 Å². The molecular formula is C12H10F4N2. The van der Waals surface area contributed by atoms with Gasteiger partial charge in [0.1, 0.15) is 11.6 Å². The molecule has 0 aliphatic carbocycles. The van der Waals surface area contributed by atoms with Crippen LogP contribution in [0.2, 0.25) is 0 Å². The minimum Gasteiger partial charge on any atom is -0.331 e. The van der Waals surface area contributed by atoms with E-state index in [4.69, 9.17) is 0 Å². The molecule has 1 heterocycles. The molecule has 0 fully saturated rings. The summed E-state index contributed by atoms with van der Waals surface area (Å²) in [6.07, 6.45) is -3.64. The summed E-state index contributed by atoms with van der Waals surface area (Å²) in [6.45, 7) is 1.96. The van der Waals surface area contributed by atoms with E-state index in [2.05, 4.69) is 4.98 Å². The van der Waals surface area contributed by atoms with Gasteiger partial charge in [-0.25, -0.2) is 9.37 Å². The van der Waals surface area contributed by atoms with Crippen LogP contribution in [0.25, 0.3) is 11.4 Å². The highest BCUT2D eigenvalue weighted by Crippen LogP contribution is 2.31. The number of halogens is 4. The summed E-state index contributed by atoms with van der Waals surface area (Å²) in [5.74, 6) is -0.602. The van der Waals surface area contributed by atoms with Gasteiger partial charge in [-0.2, -0.15) is 13.2 Å². The highest BCUT2D eigenvalue weighted by molar-refractivity contribution is 5.57. The first-order chi connectivity index (χ1) is 8.43. The summed E-state index contributed by atoms with van der Waals surface area (Å²) in [7, 11) is 0. The SMILES string of the molecule is CCn1cc(C(F)(F)F)nc1-c1ccccc1F. The van der Waals surface area contributed by atoms with Gasteiger partial charge < -0.3 is 4.57 Å². The molecule has 0 radical (unpaired) electrons. The van der Waals surface area contributed by atoms with Crippen molar-refractivity contribution in [3.8, 4) is 11.4 Å². The van der Waals surface area contributed by atoms with Gasteiger partial charge >= 0.3 is 6.18 Å². The first kappa shape index (κ1) is 12.6. The number of hydrogen-bond acceptors (Lipinski definition) is 1. The maximum atomic E-state index is 13.6. The number of alkyl halides is 3. The number of hydrogen-bond donors (Lipinski definition) is 0. The summed E-state index contributed by atoms with van der Waals surface area (Å²) in [4.78, 5) is 3.48. The second-order valence-corrected chi connectivity index (χ2v) is 3.71. The summed E-state index contributed by atoms with van der Waals surface area (Å²) < 4.78 is 52.5. The van der Waals surface area contributed by atoms with E-state index in [0.717, 1.165) is 6.20 Å². The maximum absolute atomic E-state index is 13.6. The lowest BCUT2D eigenvalue weighted by atomic mass is 10.2. The van der Waals surface area contributed by atoms with Gasteiger partial charge in [-0.15, -0.1) is 0 Å². The fourth-order valence-electron chi connectivity index (χ4n) is 1.65. The fraction of sp³-hybridized carbons (Fsp3) is 0.250. The Labute approximate surface area is 101 Å².